The Morgan fingerprint density at radius 1 is 1.28 bits per heavy atom. The second kappa shape index (κ2) is 6.99. The molecular weight excluding hydrogens is 386 g/mol. The summed E-state index contributed by atoms with van der Waals surface area (Å²) in [6.07, 6.45) is 0.873. The van der Waals surface area contributed by atoms with E-state index in [-0.39, 0.29) is 30.3 Å². The van der Waals surface area contributed by atoms with Gasteiger partial charge in [-0.05, 0) is 57.9 Å². The summed E-state index contributed by atoms with van der Waals surface area (Å²) in [7, 11) is 0. The molecule has 0 saturated carbocycles. The first-order valence-corrected chi connectivity index (χ1v) is 10.6. The van der Waals surface area contributed by atoms with Crippen molar-refractivity contribution in [1.82, 2.24) is 10.2 Å². The molecule has 6 nitrogen and oxygen atoms in total. The lowest BCUT2D eigenvalue weighted by molar-refractivity contribution is -0.124. The summed E-state index contributed by atoms with van der Waals surface area (Å²) in [5, 5.41) is 3.02. The van der Waals surface area contributed by atoms with E-state index in [2.05, 4.69) is 11.4 Å². The Balaban J connectivity index is 1.59. The fourth-order valence-corrected chi connectivity index (χ4v) is 5.55. The normalized spacial score (nSPS) is 21.8. The molecule has 2 aliphatic heterocycles. The summed E-state index contributed by atoms with van der Waals surface area (Å²) in [5.74, 6) is -0.455. The third-order valence-corrected chi connectivity index (χ3v) is 6.95. The van der Waals surface area contributed by atoms with Crippen molar-refractivity contribution in [2.75, 3.05) is 11.4 Å². The molecule has 2 aliphatic rings. The zero-order chi connectivity index (χ0) is 20.9. The molecule has 0 spiro atoms. The Morgan fingerprint density at radius 3 is 2.69 bits per heavy atom. The summed E-state index contributed by atoms with van der Waals surface area (Å²) >= 11 is 1.71. The van der Waals surface area contributed by atoms with Crippen LogP contribution in [0.3, 0.4) is 0 Å². The van der Waals surface area contributed by atoms with Gasteiger partial charge >= 0.3 is 0 Å². The number of hydrogen-bond donors (Lipinski definition) is 1. The smallest absolute Gasteiger partial charge is 0.258 e. The molecule has 0 aliphatic carbocycles. The van der Waals surface area contributed by atoms with Crippen LogP contribution >= 0.6 is 11.3 Å². The average Bonchev–Trinajstić information content (AvgIpc) is 3.17. The van der Waals surface area contributed by atoms with Crippen LogP contribution in [0.5, 0.6) is 0 Å². The Hall–Kier alpha value is -2.67. The first-order valence-electron chi connectivity index (χ1n) is 9.82. The quantitative estimate of drug-likeness (QED) is 0.837. The Morgan fingerprint density at radius 2 is 2.00 bits per heavy atom. The maximum Gasteiger partial charge on any atom is 0.258 e. The van der Waals surface area contributed by atoms with Gasteiger partial charge in [0.15, 0.2) is 0 Å². The van der Waals surface area contributed by atoms with E-state index in [1.807, 2.05) is 33.8 Å². The Bertz CT molecular complexity index is 1010. The number of thiophene rings is 1. The van der Waals surface area contributed by atoms with Crippen molar-refractivity contribution in [3.05, 3.63) is 51.2 Å². The van der Waals surface area contributed by atoms with Crippen LogP contribution in [0.4, 0.5) is 5.69 Å². The topological polar surface area (TPSA) is 69.7 Å². The summed E-state index contributed by atoms with van der Waals surface area (Å²) in [5.41, 5.74) is 1.38. The number of nitrogens with zero attached hydrogens (tertiary/aromatic N) is 2. The molecule has 1 aromatic carbocycles. The van der Waals surface area contributed by atoms with E-state index in [4.69, 9.17) is 0 Å². The minimum absolute atomic E-state index is 0.0180. The van der Waals surface area contributed by atoms with Gasteiger partial charge < -0.3 is 10.2 Å². The molecule has 0 radical (unpaired) electrons. The van der Waals surface area contributed by atoms with Crippen LogP contribution in [0.1, 0.15) is 58.4 Å². The van der Waals surface area contributed by atoms with E-state index >= 15 is 0 Å². The number of carbonyl (C=O) groups is 3. The number of carbonyl (C=O) groups excluding carboxylic acids is 3. The maximum absolute atomic E-state index is 13.2. The zero-order valence-electron chi connectivity index (χ0n) is 17.1. The van der Waals surface area contributed by atoms with Gasteiger partial charge in [-0.15, -0.1) is 11.3 Å². The highest BCUT2D eigenvalue weighted by atomic mass is 32.1. The number of aryl methyl sites for hydroxylation is 2. The molecule has 0 bridgehead atoms. The van der Waals surface area contributed by atoms with Crippen molar-refractivity contribution in [3.8, 4) is 0 Å². The number of para-hydroxylation sites is 1. The van der Waals surface area contributed by atoms with E-state index in [0.717, 1.165) is 5.56 Å². The van der Waals surface area contributed by atoms with Gasteiger partial charge in [0.2, 0.25) is 11.8 Å². The van der Waals surface area contributed by atoms with E-state index < -0.39 is 5.66 Å². The molecule has 1 aromatic heterocycles. The standard InChI is InChI=1S/C22H25N3O3S/c1-13-11-17(15(3)29-13)14(2)23-19(26)12-24-21(28)16-7-5-6-8-18(16)25-20(27)9-10-22(24,25)4/h5-8,11,14H,9-10,12H2,1-4H3,(H,23,26). The second-order valence-electron chi connectivity index (χ2n) is 8.01. The van der Waals surface area contributed by atoms with Crippen LogP contribution in [-0.2, 0) is 9.59 Å². The molecular formula is C22H25N3O3S. The van der Waals surface area contributed by atoms with Crippen LogP contribution in [0.15, 0.2) is 30.3 Å². The zero-order valence-corrected chi connectivity index (χ0v) is 17.9. The number of anilines is 1. The van der Waals surface area contributed by atoms with Crippen LogP contribution in [-0.4, -0.2) is 34.8 Å². The van der Waals surface area contributed by atoms with Crippen molar-refractivity contribution in [3.63, 3.8) is 0 Å². The molecule has 1 fully saturated rings. The number of fused-ring (bicyclic) bond motifs is 3. The molecule has 4 rings (SSSR count). The highest BCUT2D eigenvalue weighted by Crippen LogP contribution is 2.43. The number of hydrogen-bond acceptors (Lipinski definition) is 4. The second-order valence-corrected chi connectivity index (χ2v) is 9.47. The minimum Gasteiger partial charge on any atom is -0.348 e. The van der Waals surface area contributed by atoms with Crippen LogP contribution in [0, 0.1) is 13.8 Å². The fraction of sp³-hybridized carbons (Fsp3) is 0.409. The predicted molar refractivity (Wildman–Crippen MR) is 113 cm³/mol. The first kappa shape index (κ1) is 19.6. The van der Waals surface area contributed by atoms with Crippen LogP contribution in [0.2, 0.25) is 0 Å². The molecule has 2 unspecified atom stereocenters. The van der Waals surface area contributed by atoms with Gasteiger partial charge in [-0.25, -0.2) is 0 Å². The lowest BCUT2D eigenvalue weighted by atomic mass is 9.98. The number of amides is 3. The van der Waals surface area contributed by atoms with Crippen LogP contribution in [0.25, 0.3) is 0 Å². The van der Waals surface area contributed by atoms with Gasteiger partial charge in [-0.1, -0.05) is 12.1 Å². The average molecular weight is 412 g/mol. The monoisotopic (exact) mass is 411 g/mol. The maximum atomic E-state index is 13.2. The lowest BCUT2D eigenvalue weighted by Crippen LogP contribution is -2.63. The third kappa shape index (κ3) is 3.13. The molecule has 3 heterocycles. The van der Waals surface area contributed by atoms with Gasteiger partial charge in [0.1, 0.15) is 12.2 Å². The number of rotatable bonds is 4. The van der Waals surface area contributed by atoms with Crippen molar-refractivity contribution in [1.29, 1.82) is 0 Å². The van der Waals surface area contributed by atoms with Gasteiger partial charge in [0, 0.05) is 16.2 Å². The number of benzene rings is 1. The van der Waals surface area contributed by atoms with E-state index in [0.29, 0.717) is 24.1 Å². The van der Waals surface area contributed by atoms with E-state index in [9.17, 15) is 14.4 Å². The van der Waals surface area contributed by atoms with Crippen molar-refractivity contribution in [2.24, 2.45) is 0 Å². The van der Waals surface area contributed by atoms with Crippen LogP contribution < -0.4 is 10.2 Å². The van der Waals surface area contributed by atoms with E-state index in [1.54, 1.807) is 39.3 Å². The highest BCUT2D eigenvalue weighted by molar-refractivity contribution is 7.12. The lowest BCUT2D eigenvalue weighted by Gasteiger charge is -2.48. The fourth-order valence-electron chi connectivity index (χ4n) is 4.53. The number of nitrogens with one attached hydrogen (secondary N) is 1. The minimum atomic E-state index is -0.821. The molecule has 29 heavy (non-hydrogen) atoms. The van der Waals surface area contributed by atoms with Gasteiger partial charge in [-0.2, -0.15) is 0 Å². The summed E-state index contributed by atoms with van der Waals surface area (Å²) < 4.78 is 0. The van der Waals surface area contributed by atoms with Crippen molar-refractivity contribution >= 4 is 34.7 Å². The molecule has 3 amide bonds. The molecule has 7 heteroatoms. The molecule has 2 atom stereocenters. The highest BCUT2D eigenvalue weighted by Gasteiger charge is 2.53. The van der Waals surface area contributed by atoms with Crippen molar-refractivity contribution < 1.29 is 14.4 Å². The largest absolute Gasteiger partial charge is 0.348 e. The van der Waals surface area contributed by atoms with Gasteiger partial charge in [-0.3, -0.25) is 19.3 Å². The summed E-state index contributed by atoms with van der Waals surface area (Å²) in [6.45, 7) is 7.83. The first-order chi connectivity index (χ1) is 13.7. The van der Waals surface area contributed by atoms with Gasteiger partial charge in [0.25, 0.3) is 5.91 Å². The van der Waals surface area contributed by atoms with Crippen molar-refractivity contribution in [2.45, 2.75) is 52.2 Å². The van der Waals surface area contributed by atoms with E-state index in [1.165, 1.54) is 9.75 Å². The SMILES string of the molecule is Cc1cc(C(C)NC(=O)CN2C(=O)c3ccccc3N3C(=O)CCC23C)c(C)s1. The Labute approximate surface area is 174 Å². The molecule has 1 N–H and O–H groups in total. The molecule has 152 valence electrons. The summed E-state index contributed by atoms with van der Waals surface area (Å²) in [6, 6.07) is 9.07. The predicted octanol–water partition coefficient (Wildman–Crippen LogP) is 3.54. The van der Waals surface area contributed by atoms with Gasteiger partial charge in [0.05, 0.1) is 17.3 Å². The summed E-state index contributed by atoms with van der Waals surface area (Å²) in [4.78, 5) is 44.3. The third-order valence-electron chi connectivity index (χ3n) is 5.97. The molecule has 1 saturated heterocycles. The Kier molecular flexibility index (Phi) is 4.73. The molecule has 2 aromatic rings.